The molecule has 6 heteroatoms. The maximum Gasteiger partial charge on any atom is 0.137 e. The number of alkyl halides is 2. The van der Waals surface area contributed by atoms with Crippen LogP contribution in [-0.4, -0.2) is 16.4 Å². The minimum absolute atomic E-state index is 0.0391. The monoisotopic (exact) mass is 304 g/mol. The highest BCUT2D eigenvalue weighted by molar-refractivity contribution is 6.56. The summed E-state index contributed by atoms with van der Waals surface area (Å²) in [7, 11) is 0. The Labute approximate surface area is 115 Å². The molecule has 92 valence electrons. The van der Waals surface area contributed by atoms with E-state index in [1.165, 1.54) is 19.9 Å². The second-order valence-corrected chi connectivity index (χ2v) is 5.67. The van der Waals surface area contributed by atoms with Gasteiger partial charge in [-0.15, -0.1) is 23.2 Å². The van der Waals surface area contributed by atoms with Crippen LogP contribution < -0.4 is 0 Å². The molecule has 0 spiro atoms. The van der Waals surface area contributed by atoms with Gasteiger partial charge in [-0.1, -0.05) is 23.2 Å². The molecule has 0 fully saturated rings. The second-order valence-electron chi connectivity index (χ2n) is 3.50. The van der Waals surface area contributed by atoms with E-state index in [9.17, 15) is 9.59 Å². The Morgan fingerprint density at radius 2 is 1.69 bits per heavy atom. The molecule has 0 heterocycles. The Kier molecular flexibility index (Phi) is 7.66. The fourth-order valence-electron chi connectivity index (χ4n) is 1.38. The lowest BCUT2D eigenvalue weighted by molar-refractivity contribution is -0.122. The van der Waals surface area contributed by atoms with E-state index in [0.29, 0.717) is 0 Å². The zero-order chi connectivity index (χ0) is 12.9. The van der Waals surface area contributed by atoms with Gasteiger partial charge in [0, 0.05) is 18.3 Å². The van der Waals surface area contributed by atoms with Crippen LogP contribution >= 0.6 is 46.4 Å². The highest BCUT2D eigenvalue weighted by Gasteiger charge is 2.30. The van der Waals surface area contributed by atoms with Crippen LogP contribution in [0.15, 0.2) is 10.6 Å². The lowest BCUT2D eigenvalue weighted by Gasteiger charge is -2.22. The number of hydrogen-bond acceptors (Lipinski definition) is 2. The Bertz CT molecular complexity index is 295. The summed E-state index contributed by atoms with van der Waals surface area (Å²) in [6.07, 6.45) is 1.47. The van der Waals surface area contributed by atoms with Crippen LogP contribution in [0.3, 0.4) is 0 Å². The number of hydrogen-bond donors (Lipinski definition) is 0. The molecule has 0 aliphatic rings. The van der Waals surface area contributed by atoms with Crippen molar-refractivity contribution in [1.29, 1.82) is 0 Å². The number of rotatable bonds is 6. The minimum Gasteiger partial charge on any atom is -0.300 e. The summed E-state index contributed by atoms with van der Waals surface area (Å²) in [6.45, 7) is 2.79. The largest absolute Gasteiger partial charge is 0.300 e. The Morgan fingerprint density at radius 3 is 1.94 bits per heavy atom. The Morgan fingerprint density at radius 1 is 1.19 bits per heavy atom. The van der Waals surface area contributed by atoms with Crippen molar-refractivity contribution in [3.8, 4) is 0 Å². The van der Waals surface area contributed by atoms with Crippen LogP contribution in [-0.2, 0) is 9.59 Å². The lowest BCUT2D eigenvalue weighted by Crippen LogP contribution is -2.27. The van der Waals surface area contributed by atoms with Gasteiger partial charge < -0.3 is 4.79 Å². The third kappa shape index (κ3) is 6.09. The summed E-state index contributed by atoms with van der Waals surface area (Å²) in [6, 6.07) is 0. The smallest absolute Gasteiger partial charge is 0.137 e. The third-order valence-electron chi connectivity index (χ3n) is 2.08. The van der Waals surface area contributed by atoms with Gasteiger partial charge in [-0.2, -0.15) is 0 Å². The molecule has 2 nitrogen and oxygen atoms in total. The molecule has 0 saturated carbocycles. The minimum atomic E-state index is -0.832. The van der Waals surface area contributed by atoms with Crippen molar-refractivity contribution >= 4 is 58.0 Å². The SMILES string of the molecule is CC(=O)C[C@H](C(Cl)Cl)[C@H](C=C(Cl)Cl)C(C)=O. The lowest BCUT2D eigenvalue weighted by atomic mass is 9.87. The van der Waals surface area contributed by atoms with Gasteiger partial charge in [0.1, 0.15) is 20.9 Å². The molecule has 16 heavy (non-hydrogen) atoms. The van der Waals surface area contributed by atoms with Gasteiger partial charge in [0.15, 0.2) is 0 Å². The van der Waals surface area contributed by atoms with Crippen LogP contribution in [0.1, 0.15) is 20.3 Å². The quantitative estimate of drug-likeness (QED) is 0.697. The molecule has 0 radical (unpaired) electrons. The van der Waals surface area contributed by atoms with E-state index in [2.05, 4.69) is 0 Å². The van der Waals surface area contributed by atoms with Gasteiger partial charge in [0.05, 0.1) is 0 Å². The summed E-state index contributed by atoms with van der Waals surface area (Å²) in [5, 5.41) is 0. The first-order chi connectivity index (χ1) is 7.25. The summed E-state index contributed by atoms with van der Waals surface area (Å²) >= 11 is 22.5. The van der Waals surface area contributed by atoms with E-state index in [-0.39, 0.29) is 22.5 Å². The number of Topliss-reactive ketones (excluding diaryl/α,β-unsaturated/α-hetero) is 2. The number of carbonyl (C=O) groups is 2. The van der Waals surface area contributed by atoms with Crippen LogP contribution in [0.25, 0.3) is 0 Å². The zero-order valence-electron chi connectivity index (χ0n) is 8.84. The fraction of sp³-hybridized carbons (Fsp3) is 0.600. The van der Waals surface area contributed by atoms with E-state index >= 15 is 0 Å². The second kappa shape index (κ2) is 7.54. The van der Waals surface area contributed by atoms with E-state index in [1.54, 1.807) is 0 Å². The van der Waals surface area contributed by atoms with Crippen LogP contribution in [0.2, 0.25) is 0 Å². The molecule has 2 atom stereocenters. The van der Waals surface area contributed by atoms with Gasteiger partial charge in [-0.3, -0.25) is 4.79 Å². The average Bonchev–Trinajstić information content (AvgIpc) is 2.09. The van der Waals surface area contributed by atoms with Crippen molar-refractivity contribution in [3.63, 3.8) is 0 Å². The first-order valence-corrected chi connectivity index (χ1v) is 6.19. The van der Waals surface area contributed by atoms with Crippen molar-refractivity contribution in [2.24, 2.45) is 11.8 Å². The highest BCUT2D eigenvalue weighted by Crippen LogP contribution is 2.30. The Hall–Kier alpha value is 0.240. The molecule has 0 aromatic carbocycles. The molecule has 0 rings (SSSR count). The standard InChI is InChI=1S/C10H12Cl4O2/c1-5(15)3-8(10(13)14)7(6(2)16)4-9(11)12/h4,7-8,10H,3H2,1-2H3/t7-,8+/m1/s1. The average molecular weight is 306 g/mol. The van der Waals surface area contributed by atoms with Crippen molar-refractivity contribution in [1.82, 2.24) is 0 Å². The molecule has 0 aromatic rings. The highest BCUT2D eigenvalue weighted by atomic mass is 35.5. The first-order valence-electron chi connectivity index (χ1n) is 4.56. The normalized spacial score (nSPS) is 14.4. The molecule has 0 saturated heterocycles. The zero-order valence-corrected chi connectivity index (χ0v) is 11.9. The molecular formula is C10H12Cl4O2. The maximum atomic E-state index is 11.4. The van der Waals surface area contributed by atoms with Crippen molar-refractivity contribution < 1.29 is 9.59 Å². The number of ketones is 2. The topological polar surface area (TPSA) is 34.1 Å². The predicted molar refractivity (Wildman–Crippen MR) is 68.2 cm³/mol. The molecule has 0 aliphatic carbocycles. The van der Waals surface area contributed by atoms with Gasteiger partial charge in [0.2, 0.25) is 0 Å². The molecule has 0 amide bonds. The third-order valence-corrected chi connectivity index (χ3v) is 2.98. The van der Waals surface area contributed by atoms with Crippen molar-refractivity contribution in [3.05, 3.63) is 10.6 Å². The summed E-state index contributed by atoms with van der Waals surface area (Å²) in [4.78, 5) is 21.6. The molecule has 0 aromatic heterocycles. The van der Waals surface area contributed by atoms with E-state index in [4.69, 9.17) is 46.4 Å². The number of halogens is 4. The predicted octanol–water partition coefficient (Wildman–Crippen LogP) is 3.91. The molecule has 0 unspecified atom stereocenters. The van der Waals surface area contributed by atoms with E-state index in [0.717, 1.165) is 0 Å². The molecule has 0 N–H and O–H groups in total. The van der Waals surface area contributed by atoms with E-state index < -0.39 is 16.7 Å². The van der Waals surface area contributed by atoms with Gasteiger partial charge in [-0.25, -0.2) is 0 Å². The summed E-state index contributed by atoms with van der Waals surface area (Å²) < 4.78 is -0.0391. The fourth-order valence-corrected chi connectivity index (χ4v) is 2.15. The first kappa shape index (κ1) is 16.2. The van der Waals surface area contributed by atoms with Gasteiger partial charge in [-0.05, 0) is 19.9 Å². The summed E-state index contributed by atoms with van der Waals surface area (Å²) in [5.41, 5.74) is 0. The van der Waals surface area contributed by atoms with Crippen molar-refractivity contribution in [2.45, 2.75) is 25.1 Å². The Balaban J connectivity index is 5.02. The van der Waals surface area contributed by atoms with Gasteiger partial charge >= 0.3 is 0 Å². The number of allylic oxidation sites excluding steroid dienone is 1. The van der Waals surface area contributed by atoms with Crippen LogP contribution in [0.5, 0.6) is 0 Å². The molecule has 0 aliphatic heterocycles. The summed E-state index contributed by atoms with van der Waals surface area (Å²) in [5.74, 6) is -1.43. The molecule has 0 bridgehead atoms. The van der Waals surface area contributed by atoms with E-state index in [1.807, 2.05) is 0 Å². The maximum absolute atomic E-state index is 11.4. The van der Waals surface area contributed by atoms with Crippen LogP contribution in [0.4, 0.5) is 0 Å². The molecular weight excluding hydrogens is 294 g/mol. The number of carbonyl (C=O) groups excluding carboxylic acids is 2. The van der Waals surface area contributed by atoms with Crippen molar-refractivity contribution in [2.75, 3.05) is 0 Å². The van der Waals surface area contributed by atoms with Crippen LogP contribution in [0, 0.1) is 11.8 Å². The van der Waals surface area contributed by atoms with Gasteiger partial charge in [0.25, 0.3) is 0 Å².